The zero-order valence-corrected chi connectivity index (χ0v) is 14.8. The second kappa shape index (κ2) is 7.23. The maximum absolute atomic E-state index is 13.3. The molecule has 1 saturated heterocycles. The van der Waals surface area contributed by atoms with Crippen molar-refractivity contribution in [3.05, 3.63) is 65.6 Å². The van der Waals surface area contributed by atoms with Crippen LogP contribution in [-0.4, -0.2) is 23.3 Å². The van der Waals surface area contributed by atoms with E-state index in [0.717, 1.165) is 30.6 Å². The van der Waals surface area contributed by atoms with Crippen molar-refractivity contribution >= 4 is 28.4 Å². The number of hydrogen-bond acceptors (Lipinski definition) is 2. The highest BCUT2D eigenvalue weighted by atomic mass is 19.1. The van der Waals surface area contributed by atoms with Crippen molar-refractivity contribution in [2.75, 3.05) is 11.4 Å². The van der Waals surface area contributed by atoms with Crippen molar-refractivity contribution in [3.8, 4) is 0 Å². The standard InChI is InChI=1S/C21H20FN3O2/c22-16-7-8-18-15(11-16)12-19(24-18)21(27)23-13-14-4-3-5-17(10-14)25-9-2-1-6-20(25)26/h3-5,7-8,10-12,24H,1-2,6,9,13H2,(H,23,27). The minimum atomic E-state index is -0.336. The Bertz CT molecular complexity index is 1010. The van der Waals surface area contributed by atoms with E-state index in [1.807, 2.05) is 24.3 Å². The van der Waals surface area contributed by atoms with Gasteiger partial charge in [-0.1, -0.05) is 12.1 Å². The van der Waals surface area contributed by atoms with Gasteiger partial charge in [0.1, 0.15) is 11.5 Å². The Morgan fingerprint density at radius 1 is 1.15 bits per heavy atom. The van der Waals surface area contributed by atoms with Gasteiger partial charge in [0.2, 0.25) is 5.91 Å². The summed E-state index contributed by atoms with van der Waals surface area (Å²) in [7, 11) is 0. The number of carbonyl (C=O) groups excluding carboxylic acids is 2. The molecule has 0 saturated carbocycles. The van der Waals surface area contributed by atoms with E-state index in [1.54, 1.807) is 17.0 Å². The number of aromatic nitrogens is 1. The largest absolute Gasteiger partial charge is 0.351 e. The third-order valence-electron chi connectivity index (χ3n) is 4.83. The first-order valence-electron chi connectivity index (χ1n) is 9.06. The molecule has 3 aromatic rings. The molecule has 2 amide bonds. The van der Waals surface area contributed by atoms with Gasteiger partial charge in [-0.15, -0.1) is 0 Å². The van der Waals surface area contributed by atoms with Crippen molar-refractivity contribution < 1.29 is 14.0 Å². The van der Waals surface area contributed by atoms with E-state index < -0.39 is 0 Å². The van der Waals surface area contributed by atoms with E-state index in [9.17, 15) is 14.0 Å². The summed E-state index contributed by atoms with van der Waals surface area (Å²) in [4.78, 5) is 29.3. The summed E-state index contributed by atoms with van der Waals surface area (Å²) in [5, 5.41) is 3.52. The summed E-state index contributed by atoms with van der Waals surface area (Å²) in [5.74, 6) is -0.448. The number of carbonyl (C=O) groups is 2. The van der Waals surface area contributed by atoms with Crippen LogP contribution in [0, 0.1) is 5.82 Å². The van der Waals surface area contributed by atoms with Gasteiger partial charge in [-0.2, -0.15) is 0 Å². The Kier molecular flexibility index (Phi) is 4.62. The van der Waals surface area contributed by atoms with Crippen molar-refractivity contribution in [2.45, 2.75) is 25.8 Å². The molecule has 2 heterocycles. The topological polar surface area (TPSA) is 65.2 Å². The summed E-state index contributed by atoms with van der Waals surface area (Å²) < 4.78 is 13.3. The number of rotatable bonds is 4. The Hall–Kier alpha value is -3.15. The number of aromatic amines is 1. The number of nitrogens with zero attached hydrogens (tertiary/aromatic N) is 1. The Morgan fingerprint density at radius 2 is 2.04 bits per heavy atom. The number of benzene rings is 2. The highest BCUT2D eigenvalue weighted by Crippen LogP contribution is 2.22. The van der Waals surface area contributed by atoms with Gasteiger partial charge in [-0.05, 0) is 54.8 Å². The van der Waals surface area contributed by atoms with Crippen molar-refractivity contribution in [1.29, 1.82) is 0 Å². The van der Waals surface area contributed by atoms with Crippen molar-refractivity contribution in [1.82, 2.24) is 10.3 Å². The van der Waals surface area contributed by atoms with E-state index in [4.69, 9.17) is 0 Å². The number of nitrogens with one attached hydrogen (secondary N) is 2. The van der Waals surface area contributed by atoms with Gasteiger partial charge in [0.05, 0.1) is 0 Å². The summed E-state index contributed by atoms with van der Waals surface area (Å²) in [6.07, 6.45) is 2.54. The first kappa shape index (κ1) is 17.3. The van der Waals surface area contributed by atoms with Crippen LogP contribution in [0.1, 0.15) is 35.3 Å². The van der Waals surface area contributed by atoms with Gasteiger partial charge in [0, 0.05) is 36.1 Å². The minimum absolute atomic E-state index is 0.146. The fourth-order valence-corrected chi connectivity index (χ4v) is 3.42. The summed E-state index contributed by atoms with van der Waals surface area (Å²) in [5.41, 5.74) is 2.89. The smallest absolute Gasteiger partial charge is 0.267 e. The molecule has 0 radical (unpaired) electrons. The Morgan fingerprint density at radius 3 is 2.89 bits per heavy atom. The van der Waals surface area contributed by atoms with Gasteiger partial charge in [0.15, 0.2) is 0 Å². The lowest BCUT2D eigenvalue weighted by Gasteiger charge is -2.27. The number of fused-ring (bicyclic) bond motifs is 1. The van der Waals surface area contributed by atoms with Crippen LogP contribution in [-0.2, 0) is 11.3 Å². The normalized spacial score (nSPS) is 14.6. The highest BCUT2D eigenvalue weighted by molar-refractivity contribution is 5.98. The number of hydrogen-bond donors (Lipinski definition) is 2. The number of piperidine rings is 1. The predicted octanol–water partition coefficient (Wildman–Crippen LogP) is 3.75. The first-order valence-corrected chi connectivity index (χ1v) is 9.06. The molecular formula is C21H20FN3O2. The third kappa shape index (κ3) is 3.69. The molecule has 0 atom stereocenters. The fourth-order valence-electron chi connectivity index (χ4n) is 3.42. The Balaban J connectivity index is 1.45. The van der Waals surface area contributed by atoms with Crippen molar-refractivity contribution in [2.24, 2.45) is 0 Å². The lowest BCUT2D eigenvalue weighted by Crippen LogP contribution is -2.35. The molecule has 0 spiro atoms. The van der Waals surface area contributed by atoms with Crippen LogP contribution >= 0.6 is 0 Å². The average Bonchev–Trinajstić information content (AvgIpc) is 3.10. The van der Waals surface area contributed by atoms with Crippen molar-refractivity contribution in [3.63, 3.8) is 0 Å². The van der Waals surface area contributed by atoms with Crippen LogP contribution in [0.4, 0.5) is 10.1 Å². The zero-order chi connectivity index (χ0) is 18.8. The maximum Gasteiger partial charge on any atom is 0.267 e. The predicted molar refractivity (Wildman–Crippen MR) is 102 cm³/mol. The van der Waals surface area contributed by atoms with E-state index in [1.165, 1.54) is 12.1 Å². The van der Waals surface area contributed by atoms with Gasteiger partial charge >= 0.3 is 0 Å². The molecule has 1 aliphatic rings. The fraction of sp³-hybridized carbons (Fsp3) is 0.238. The van der Waals surface area contributed by atoms with Crippen LogP contribution in [0.5, 0.6) is 0 Å². The molecule has 5 nitrogen and oxygen atoms in total. The molecule has 1 aliphatic heterocycles. The van der Waals surface area contributed by atoms with Gasteiger partial charge in [0.25, 0.3) is 5.91 Å². The van der Waals surface area contributed by atoms with Gasteiger partial charge < -0.3 is 15.2 Å². The molecule has 6 heteroatoms. The first-order chi connectivity index (χ1) is 13.1. The van der Waals surface area contributed by atoms with E-state index in [-0.39, 0.29) is 17.6 Å². The summed E-state index contributed by atoms with van der Waals surface area (Å²) >= 11 is 0. The monoisotopic (exact) mass is 365 g/mol. The molecule has 0 unspecified atom stereocenters. The second-order valence-electron chi connectivity index (χ2n) is 6.77. The molecule has 2 N–H and O–H groups in total. The number of H-pyrrole nitrogens is 1. The maximum atomic E-state index is 13.3. The molecule has 1 fully saturated rings. The quantitative estimate of drug-likeness (QED) is 0.739. The van der Waals surface area contributed by atoms with E-state index in [0.29, 0.717) is 29.6 Å². The van der Waals surface area contributed by atoms with Gasteiger partial charge in [-0.25, -0.2) is 4.39 Å². The number of amides is 2. The average molecular weight is 365 g/mol. The van der Waals surface area contributed by atoms with E-state index >= 15 is 0 Å². The molecule has 27 heavy (non-hydrogen) atoms. The van der Waals surface area contributed by atoms with Gasteiger partial charge in [-0.3, -0.25) is 9.59 Å². The summed E-state index contributed by atoms with van der Waals surface area (Å²) in [6.45, 7) is 1.08. The molecule has 4 rings (SSSR count). The van der Waals surface area contributed by atoms with Crippen LogP contribution in [0.2, 0.25) is 0 Å². The molecule has 0 aliphatic carbocycles. The second-order valence-corrected chi connectivity index (χ2v) is 6.77. The number of halogens is 1. The highest BCUT2D eigenvalue weighted by Gasteiger charge is 2.19. The third-order valence-corrected chi connectivity index (χ3v) is 4.83. The summed E-state index contributed by atoms with van der Waals surface area (Å²) in [6, 6.07) is 13.7. The Labute approximate surface area is 156 Å². The molecule has 0 bridgehead atoms. The lowest BCUT2D eigenvalue weighted by atomic mass is 10.1. The lowest BCUT2D eigenvalue weighted by molar-refractivity contribution is -0.119. The molecule has 1 aromatic heterocycles. The number of anilines is 1. The SMILES string of the molecule is O=C(NCc1cccc(N2CCCCC2=O)c1)c1cc2cc(F)ccc2[nH]1. The van der Waals surface area contributed by atoms with Crippen LogP contribution in [0.25, 0.3) is 10.9 Å². The molecular weight excluding hydrogens is 345 g/mol. The minimum Gasteiger partial charge on any atom is -0.351 e. The molecule has 138 valence electrons. The van der Waals surface area contributed by atoms with Crippen LogP contribution in [0.3, 0.4) is 0 Å². The van der Waals surface area contributed by atoms with Crippen LogP contribution < -0.4 is 10.2 Å². The molecule has 2 aromatic carbocycles. The van der Waals surface area contributed by atoms with E-state index in [2.05, 4.69) is 10.3 Å². The van der Waals surface area contributed by atoms with Crippen LogP contribution in [0.15, 0.2) is 48.5 Å². The zero-order valence-electron chi connectivity index (χ0n) is 14.8.